The number of anilines is 1. The van der Waals surface area contributed by atoms with Crippen molar-refractivity contribution in [2.45, 2.75) is 13.8 Å². The van der Waals surface area contributed by atoms with E-state index in [1.165, 1.54) is 0 Å². The SMILES string of the molecule is Cc1cc(C)nc(NC(=O)c2ncccc2Br)n1. The molecule has 0 aliphatic rings. The molecule has 0 unspecified atom stereocenters. The highest BCUT2D eigenvalue weighted by Crippen LogP contribution is 2.14. The van der Waals surface area contributed by atoms with Gasteiger partial charge in [-0.15, -0.1) is 0 Å². The average Bonchev–Trinajstić information content (AvgIpc) is 2.27. The second kappa shape index (κ2) is 5.22. The fraction of sp³-hybridized carbons (Fsp3) is 0.167. The molecule has 0 saturated heterocycles. The fourth-order valence-corrected chi connectivity index (χ4v) is 1.93. The van der Waals surface area contributed by atoms with Crippen molar-refractivity contribution in [3.8, 4) is 0 Å². The third kappa shape index (κ3) is 2.89. The molecule has 0 bridgehead atoms. The third-order valence-corrected chi connectivity index (χ3v) is 2.82. The van der Waals surface area contributed by atoms with Gasteiger partial charge in [0, 0.05) is 22.1 Å². The Balaban J connectivity index is 2.24. The van der Waals surface area contributed by atoms with Crippen LogP contribution in [0.4, 0.5) is 5.95 Å². The molecule has 0 aliphatic carbocycles. The number of amides is 1. The summed E-state index contributed by atoms with van der Waals surface area (Å²) in [7, 11) is 0. The Kier molecular flexibility index (Phi) is 3.66. The van der Waals surface area contributed by atoms with Gasteiger partial charge in [-0.2, -0.15) is 0 Å². The van der Waals surface area contributed by atoms with Gasteiger partial charge in [0.15, 0.2) is 0 Å². The summed E-state index contributed by atoms with van der Waals surface area (Å²) >= 11 is 3.28. The molecular weight excluding hydrogens is 296 g/mol. The van der Waals surface area contributed by atoms with Crippen LogP contribution in [0.25, 0.3) is 0 Å². The first-order valence-corrected chi connectivity index (χ1v) is 6.10. The molecule has 5 nitrogen and oxygen atoms in total. The number of carbonyl (C=O) groups is 1. The minimum atomic E-state index is -0.340. The van der Waals surface area contributed by atoms with Crippen LogP contribution in [0, 0.1) is 13.8 Å². The van der Waals surface area contributed by atoms with E-state index in [1.807, 2.05) is 19.9 Å². The van der Waals surface area contributed by atoms with Gasteiger partial charge in [0.25, 0.3) is 5.91 Å². The number of rotatable bonds is 2. The summed E-state index contributed by atoms with van der Waals surface area (Å²) in [6, 6.07) is 5.34. The summed E-state index contributed by atoms with van der Waals surface area (Å²) in [4.78, 5) is 24.3. The second-order valence-corrected chi connectivity index (χ2v) is 4.62. The lowest BCUT2D eigenvalue weighted by atomic mass is 10.3. The van der Waals surface area contributed by atoms with Crippen molar-refractivity contribution < 1.29 is 4.79 Å². The van der Waals surface area contributed by atoms with Crippen molar-refractivity contribution in [1.82, 2.24) is 15.0 Å². The Morgan fingerprint density at radius 2 is 1.94 bits per heavy atom. The zero-order chi connectivity index (χ0) is 13.1. The average molecular weight is 307 g/mol. The highest BCUT2D eigenvalue weighted by Gasteiger charge is 2.12. The Morgan fingerprint density at radius 1 is 1.28 bits per heavy atom. The van der Waals surface area contributed by atoms with Gasteiger partial charge in [-0.1, -0.05) is 0 Å². The Bertz CT molecular complexity index is 580. The smallest absolute Gasteiger partial charge is 0.277 e. The summed E-state index contributed by atoms with van der Waals surface area (Å²) in [5.41, 5.74) is 1.91. The van der Waals surface area contributed by atoms with E-state index in [4.69, 9.17) is 0 Å². The molecule has 2 aromatic rings. The first kappa shape index (κ1) is 12.6. The molecule has 0 atom stereocenters. The molecular formula is C12H11BrN4O. The van der Waals surface area contributed by atoms with E-state index in [9.17, 15) is 4.79 Å². The molecule has 0 saturated carbocycles. The van der Waals surface area contributed by atoms with E-state index in [2.05, 4.69) is 36.2 Å². The fourth-order valence-electron chi connectivity index (χ4n) is 1.50. The zero-order valence-corrected chi connectivity index (χ0v) is 11.5. The third-order valence-electron chi connectivity index (χ3n) is 2.18. The summed E-state index contributed by atoms with van der Waals surface area (Å²) < 4.78 is 0.631. The number of hydrogen-bond donors (Lipinski definition) is 1. The topological polar surface area (TPSA) is 67.8 Å². The second-order valence-electron chi connectivity index (χ2n) is 3.76. The molecule has 0 spiro atoms. The van der Waals surface area contributed by atoms with Gasteiger partial charge in [-0.05, 0) is 48.0 Å². The van der Waals surface area contributed by atoms with E-state index in [0.29, 0.717) is 10.2 Å². The van der Waals surface area contributed by atoms with E-state index >= 15 is 0 Å². The molecule has 6 heteroatoms. The number of pyridine rings is 1. The van der Waals surface area contributed by atoms with Crippen LogP contribution < -0.4 is 5.32 Å². The molecule has 0 aromatic carbocycles. The summed E-state index contributed by atoms with van der Waals surface area (Å²) in [5, 5.41) is 2.63. The number of hydrogen-bond acceptors (Lipinski definition) is 4. The van der Waals surface area contributed by atoms with Gasteiger partial charge < -0.3 is 0 Å². The summed E-state index contributed by atoms with van der Waals surface area (Å²) in [6.45, 7) is 3.70. The van der Waals surface area contributed by atoms with Gasteiger partial charge in [0.1, 0.15) is 5.69 Å². The van der Waals surface area contributed by atoms with Crippen molar-refractivity contribution in [3.05, 3.63) is 46.0 Å². The van der Waals surface area contributed by atoms with Gasteiger partial charge in [-0.25, -0.2) is 15.0 Å². The van der Waals surface area contributed by atoms with E-state index in [0.717, 1.165) is 11.4 Å². The Labute approximate surface area is 113 Å². The number of halogens is 1. The van der Waals surface area contributed by atoms with Gasteiger partial charge in [-0.3, -0.25) is 10.1 Å². The molecule has 18 heavy (non-hydrogen) atoms. The normalized spacial score (nSPS) is 10.2. The lowest BCUT2D eigenvalue weighted by Crippen LogP contribution is -2.16. The molecule has 2 aromatic heterocycles. The monoisotopic (exact) mass is 306 g/mol. The van der Waals surface area contributed by atoms with Crippen molar-refractivity contribution in [2.24, 2.45) is 0 Å². The molecule has 2 heterocycles. The molecule has 0 aliphatic heterocycles. The Hall–Kier alpha value is -1.82. The van der Waals surface area contributed by atoms with Crippen LogP contribution in [0.15, 0.2) is 28.9 Å². The van der Waals surface area contributed by atoms with Gasteiger partial charge in [0.05, 0.1) is 0 Å². The van der Waals surface area contributed by atoms with Crippen LogP contribution in [-0.2, 0) is 0 Å². The van der Waals surface area contributed by atoms with Crippen LogP contribution >= 0.6 is 15.9 Å². The van der Waals surface area contributed by atoms with Crippen molar-refractivity contribution >= 4 is 27.8 Å². The molecule has 92 valence electrons. The number of aromatic nitrogens is 3. The minimum absolute atomic E-state index is 0.287. The van der Waals surface area contributed by atoms with Crippen molar-refractivity contribution in [3.63, 3.8) is 0 Å². The van der Waals surface area contributed by atoms with Crippen LogP contribution in [0.2, 0.25) is 0 Å². The van der Waals surface area contributed by atoms with Gasteiger partial charge in [0.2, 0.25) is 5.95 Å². The van der Waals surface area contributed by atoms with Crippen LogP contribution in [0.5, 0.6) is 0 Å². The van der Waals surface area contributed by atoms with E-state index < -0.39 is 0 Å². The largest absolute Gasteiger partial charge is 0.289 e. The molecule has 0 radical (unpaired) electrons. The highest BCUT2D eigenvalue weighted by molar-refractivity contribution is 9.10. The van der Waals surface area contributed by atoms with Crippen LogP contribution in [0.3, 0.4) is 0 Å². The first-order chi connectivity index (χ1) is 8.56. The van der Waals surface area contributed by atoms with Crippen LogP contribution in [-0.4, -0.2) is 20.9 Å². The maximum atomic E-state index is 12.0. The molecule has 1 amide bonds. The lowest BCUT2D eigenvalue weighted by Gasteiger charge is -2.05. The summed E-state index contributed by atoms with van der Waals surface area (Å²) in [5.74, 6) is -0.0532. The molecule has 2 rings (SSSR count). The lowest BCUT2D eigenvalue weighted by molar-refractivity contribution is 0.102. The molecule has 1 N–H and O–H groups in total. The van der Waals surface area contributed by atoms with Gasteiger partial charge >= 0.3 is 0 Å². The number of nitrogens with one attached hydrogen (secondary N) is 1. The summed E-state index contributed by atoms with van der Waals surface area (Å²) in [6.07, 6.45) is 1.56. The van der Waals surface area contributed by atoms with Crippen molar-refractivity contribution in [1.29, 1.82) is 0 Å². The standard InChI is InChI=1S/C12H11BrN4O/c1-7-6-8(2)16-12(15-7)17-11(18)10-9(13)4-3-5-14-10/h3-6H,1-2H3,(H,15,16,17,18). The molecule has 0 fully saturated rings. The quantitative estimate of drug-likeness (QED) is 0.925. The predicted molar refractivity (Wildman–Crippen MR) is 71.4 cm³/mol. The first-order valence-electron chi connectivity index (χ1n) is 5.30. The number of carbonyl (C=O) groups excluding carboxylic acids is 1. The van der Waals surface area contributed by atoms with Crippen molar-refractivity contribution in [2.75, 3.05) is 5.32 Å². The number of aryl methyl sites for hydroxylation is 2. The maximum Gasteiger partial charge on any atom is 0.277 e. The van der Waals surface area contributed by atoms with E-state index in [1.54, 1.807) is 18.3 Å². The number of nitrogens with zero attached hydrogens (tertiary/aromatic N) is 3. The predicted octanol–water partition coefficient (Wildman–Crippen LogP) is 2.50. The Morgan fingerprint density at radius 3 is 2.56 bits per heavy atom. The van der Waals surface area contributed by atoms with E-state index in [-0.39, 0.29) is 11.9 Å². The minimum Gasteiger partial charge on any atom is -0.289 e. The highest BCUT2D eigenvalue weighted by atomic mass is 79.9. The zero-order valence-electron chi connectivity index (χ0n) is 9.94. The van der Waals surface area contributed by atoms with Crippen LogP contribution in [0.1, 0.15) is 21.9 Å². The maximum absolute atomic E-state index is 12.0.